The first kappa shape index (κ1) is 15.2. The number of nitrogens with two attached hydrogens (primary N) is 1. The fourth-order valence-corrected chi connectivity index (χ4v) is 2.55. The normalized spacial score (nSPS) is 10.4. The van der Waals surface area contributed by atoms with Crippen LogP contribution in [0.25, 0.3) is 0 Å². The van der Waals surface area contributed by atoms with Gasteiger partial charge in [-0.3, -0.25) is 4.90 Å². The zero-order chi connectivity index (χ0) is 13.2. The van der Waals surface area contributed by atoms with Gasteiger partial charge in [0.2, 0.25) is 0 Å². The van der Waals surface area contributed by atoms with Gasteiger partial charge < -0.3 is 10.8 Å². The summed E-state index contributed by atoms with van der Waals surface area (Å²) in [7, 11) is 0. The van der Waals surface area contributed by atoms with Crippen LogP contribution in [0.5, 0.6) is 0 Å². The van der Waals surface area contributed by atoms with E-state index < -0.39 is 0 Å². The molecule has 1 aromatic rings. The topological polar surface area (TPSA) is 49.5 Å². The third kappa shape index (κ3) is 5.65. The van der Waals surface area contributed by atoms with E-state index >= 15 is 0 Å². The van der Waals surface area contributed by atoms with Gasteiger partial charge in [-0.1, -0.05) is 25.2 Å². The third-order valence-corrected chi connectivity index (χ3v) is 3.53. The highest BCUT2D eigenvalue weighted by Gasteiger charge is 2.06. The molecular formula is C14H22N2OS. The third-order valence-electron chi connectivity index (χ3n) is 2.61. The molecule has 0 aliphatic rings. The van der Waals surface area contributed by atoms with Crippen molar-refractivity contribution in [3.05, 3.63) is 21.9 Å². The van der Waals surface area contributed by atoms with E-state index in [1.807, 2.05) is 0 Å². The molecule has 1 heterocycles. The Hall–Kier alpha value is -0.860. The lowest BCUT2D eigenvalue weighted by Gasteiger charge is -2.19. The lowest BCUT2D eigenvalue weighted by atomic mass is 10.2. The Bertz CT molecular complexity index is 392. The van der Waals surface area contributed by atoms with Gasteiger partial charge in [-0.05, 0) is 19.0 Å². The van der Waals surface area contributed by atoms with Gasteiger partial charge >= 0.3 is 0 Å². The van der Waals surface area contributed by atoms with E-state index in [1.165, 1.54) is 17.7 Å². The van der Waals surface area contributed by atoms with Crippen LogP contribution < -0.4 is 5.73 Å². The van der Waals surface area contributed by atoms with Crippen molar-refractivity contribution in [2.75, 3.05) is 26.2 Å². The number of aliphatic hydroxyl groups excluding tert-OH is 1. The molecule has 0 saturated carbocycles. The van der Waals surface area contributed by atoms with Gasteiger partial charge in [-0.25, -0.2) is 0 Å². The molecule has 4 heteroatoms. The van der Waals surface area contributed by atoms with E-state index in [1.54, 1.807) is 11.3 Å². The number of nitrogens with zero attached hydrogens (tertiary/aromatic N) is 1. The molecule has 0 aliphatic heterocycles. The summed E-state index contributed by atoms with van der Waals surface area (Å²) in [5, 5.41) is 11.1. The van der Waals surface area contributed by atoms with Crippen molar-refractivity contribution in [1.29, 1.82) is 0 Å². The van der Waals surface area contributed by atoms with Crippen LogP contribution in [0.1, 0.15) is 30.2 Å². The first-order valence-electron chi connectivity index (χ1n) is 6.39. The van der Waals surface area contributed by atoms with E-state index in [2.05, 4.69) is 35.1 Å². The van der Waals surface area contributed by atoms with Crippen molar-refractivity contribution in [3.8, 4) is 11.8 Å². The summed E-state index contributed by atoms with van der Waals surface area (Å²) in [6, 6.07) is 2.11. The number of aliphatic hydroxyl groups is 1. The maximum Gasteiger partial charge on any atom is 0.0558 e. The van der Waals surface area contributed by atoms with Gasteiger partial charge in [0.15, 0.2) is 0 Å². The standard InChI is InChI=1S/C14H22N2OS/c1-2-3-7-16(8-9-17)11-14-10-13(12-18-14)5-4-6-15/h10,12,17H,2-3,6-9,11,15H2,1H3. The van der Waals surface area contributed by atoms with E-state index in [0.717, 1.165) is 25.2 Å². The van der Waals surface area contributed by atoms with Crippen LogP contribution in [0, 0.1) is 11.8 Å². The zero-order valence-corrected chi connectivity index (χ0v) is 11.8. The second-order valence-corrected chi connectivity index (χ2v) is 5.16. The van der Waals surface area contributed by atoms with Crippen LogP contribution in [0.2, 0.25) is 0 Å². The summed E-state index contributed by atoms with van der Waals surface area (Å²) >= 11 is 1.72. The SMILES string of the molecule is CCCCN(CCO)Cc1cc(C#CCN)cs1. The molecular weight excluding hydrogens is 244 g/mol. The predicted octanol–water partition coefficient (Wildman–Crippen LogP) is 1.65. The van der Waals surface area contributed by atoms with Gasteiger partial charge in [0.25, 0.3) is 0 Å². The first-order chi connectivity index (χ1) is 8.80. The van der Waals surface area contributed by atoms with Gasteiger partial charge in [0, 0.05) is 28.9 Å². The van der Waals surface area contributed by atoms with Gasteiger partial charge in [-0.15, -0.1) is 11.3 Å². The zero-order valence-electron chi connectivity index (χ0n) is 11.0. The molecule has 0 bridgehead atoms. The maximum absolute atomic E-state index is 9.06. The van der Waals surface area contributed by atoms with Gasteiger partial charge in [-0.2, -0.15) is 0 Å². The van der Waals surface area contributed by atoms with Crippen LogP contribution in [-0.2, 0) is 6.54 Å². The molecule has 0 unspecified atom stereocenters. The lowest BCUT2D eigenvalue weighted by Crippen LogP contribution is -2.27. The average molecular weight is 266 g/mol. The molecule has 0 radical (unpaired) electrons. The van der Waals surface area contributed by atoms with E-state index in [9.17, 15) is 0 Å². The molecule has 1 aromatic heterocycles. The predicted molar refractivity (Wildman–Crippen MR) is 77.5 cm³/mol. The van der Waals surface area contributed by atoms with E-state index in [4.69, 9.17) is 10.8 Å². The number of hydrogen-bond acceptors (Lipinski definition) is 4. The van der Waals surface area contributed by atoms with Crippen LogP contribution in [0.15, 0.2) is 11.4 Å². The molecule has 18 heavy (non-hydrogen) atoms. The van der Waals surface area contributed by atoms with Crippen molar-refractivity contribution in [1.82, 2.24) is 4.90 Å². The second-order valence-electron chi connectivity index (χ2n) is 4.16. The maximum atomic E-state index is 9.06. The summed E-state index contributed by atoms with van der Waals surface area (Å²) in [5.74, 6) is 5.90. The summed E-state index contributed by atoms with van der Waals surface area (Å²) in [5.41, 5.74) is 6.39. The molecule has 0 fully saturated rings. The average Bonchev–Trinajstić information content (AvgIpc) is 2.81. The Kier molecular flexibility index (Phi) is 7.70. The Morgan fingerprint density at radius 3 is 2.94 bits per heavy atom. The van der Waals surface area contributed by atoms with Crippen molar-refractivity contribution in [2.45, 2.75) is 26.3 Å². The highest BCUT2D eigenvalue weighted by atomic mass is 32.1. The minimum absolute atomic E-state index is 0.217. The quantitative estimate of drug-likeness (QED) is 0.738. The monoisotopic (exact) mass is 266 g/mol. The number of rotatable bonds is 7. The largest absolute Gasteiger partial charge is 0.395 e. The Labute approximate surface area is 114 Å². The highest BCUT2D eigenvalue weighted by Crippen LogP contribution is 2.16. The lowest BCUT2D eigenvalue weighted by molar-refractivity contribution is 0.189. The second kappa shape index (κ2) is 9.12. The van der Waals surface area contributed by atoms with Crippen molar-refractivity contribution in [3.63, 3.8) is 0 Å². The smallest absolute Gasteiger partial charge is 0.0558 e. The summed E-state index contributed by atoms with van der Waals surface area (Å²) in [6.07, 6.45) is 2.35. The Balaban J connectivity index is 2.54. The number of unbranched alkanes of at least 4 members (excludes halogenated alkanes) is 1. The van der Waals surface area contributed by atoms with E-state index in [-0.39, 0.29) is 6.61 Å². The molecule has 0 aliphatic carbocycles. The number of hydrogen-bond donors (Lipinski definition) is 2. The fourth-order valence-electron chi connectivity index (χ4n) is 1.70. The van der Waals surface area contributed by atoms with E-state index in [0.29, 0.717) is 6.54 Å². The van der Waals surface area contributed by atoms with Gasteiger partial charge in [0.1, 0.15) is 0 Å². The Morgan fingerprint density at radius 2 is 2.28 bits per heavy atom. The summed E-state index contributed by atoms with van der Waals surface area (Å²) in [4.78, 5) is 3.58. The summed E-state index contributed by atoms with van der Waals surface area (Å²) in [6.45, 7) is 5.48. The van der Waals surface area contributed by atoms with Crippen molar-refractivity contribution in [2.24, 2.45) is 5.73 Å². The summed E-state index contributed by atoms with van der Waals surface area (Å²) < 4.78 is 0. The minimum atomic E-state index is 0.217. The molecule has 3 nitrogen and oxygen atoms in total. The van der Waals surface area contributed by atoms with Crippen molar-refractivity contribution < 1.29 is 5.11 Å². The molecule has 0 aromatic carbocycles. The molecule has 3 N–H and O–H groups in total. The van der Waals surface area contributed by atoms with Gasteiger partial charge in [0.05, 0.1) is 13.2 Å². The highest BCUT2D eigenvalue weighted by molar-refractivity contribution is 7.10. The fraction of sp³-hybridized carbons (Fsp3) is 0.571. The van der Waals surface area contributed by atoms with Crippen LogP contribution >= 0.6 is 11.3 Å². The van der Waals surface area contributed by atoms with Crippen molar-refractivity contribution >= 4 is 11.3 Å². The molecule has 0 saturated heterocycles. The van der Waals surface area contributed by atoms with Crippen LogP contribution in [0.4, 0.5) is 0 Å². The van der Waals surface area contributed by atoms with Crippen LogP contribution in [0.3, 0.4) is 0 Å². The molecule has 0 amide bonds. The number of thiophene rings is 1. The molecule has 100 valence electrons. The Morgan fingerprint density at radius 1 is 1.44 bits per heavy atom. The molecule has 0 atom stereocenters. The molecule has 0 spiro atoms. The minimum Gasteiger partial charge on any atom is -0.395 e. The molecule has 1 rings (SSSR count). The van der Waals surface area contributed by atoms with Crippen LogP contribution in [-0.4, -0.2) is 36.2 Å². The first-order valence-corrected chi connectivity index (χ1v) is 7.27.